The van der Waals surface area contributed by atoms with E-state index in [-0.39, 0.29) is 10.8 Å². The highest BCUT2D eigenvalue weighted by Crippen LogP contribution is 2.18. The van der Waals surface area contributed by atoms with Gasteiger partial charge in [0, 0.05) is 31.7 Å². The number of rotatable bonds is 5. The molecular weight excluding hydrogens is 350 g/mol. The number of hydrogen-bond acceptors (Lipinski definition) is 4. The topological polar surface area (TPSA) is 69.7 Å². The molecule has 0 spiro atoms. The van der Waals surface area contributed by atoms with Gasteiger partial charge in [-0.25, -0.2) is 13.1 Å². The van der Waals surface area contributed by atoms with Crippen molar-refractivity contribution in [3.05, 3.63) is 41.5 Å². The summed E-state index contributed by atoms with van der Waals surface area (Å²) in [6.45, 7) is 5.65. The summed E-state index contributed by atoms with van der Waals surface area (Å²) in [7, 11) is -1.57. The van der Waals surface area contributed by atoms with Gasteiger partial charge in [-0.2, -0.15) is 0 Å². The van der Waals surface area contributed by atoms with Crippen LogP contribution in [-0.4, -0.2) is 63.9 Å². The van der Waals surface area contributed by atoms with Gasteiger partial charge in [0.15, 0.2) is 0 Å². The molecule has 26 heavy (non-hydrogen) atoms. The van der Waals surface area contributed by atoms with Gasteiger partial charge in [-0.1, -0.05) is 17.7 Å². The van der Waals surface area contributed by atoms with Gasteiger partial charge in [-0.15, -0.1) is 0 Å². The van der Waals surface area contributed by atoms with Crippen LogP contribution >= 0.6 is 0 Å². The first-order valence-electron chi connectivity index (χ1n) is 9.08. The number of sulfonamides is 1. The molecule has 0 unspecified atom stereocenters. The Labute approximate surface area is 155 Å². The fourth-order valence-corrected chi connectivity index (χ4v) is 4.60. The number of amides is 1. The van der Waals surface area contributed by atoms with Crippen molar-refractivity contribution in [3.63, 3.8) is 0 Å². The van der Waals surface area contributed by atoms with Crippen LogP contribution in [0.1, 0.15) is 30.1 Å². The average molecular weight is 378 g/mol. The fraction of sp³-hybridized carbons (Fsp3) is 0.526. The third-order valence-electron chi connectivity index (χ3n) is 5.17. The second-order valence-electron chi connectivity index (χ2n) is 7.35. The van der Waals surface area contributed by atoms with Crippen LogP contribution in [0.5, 0.6) is 0 Å². The molecule has 0 aliphatic carbocycles. The molecule has 3 rings (SSSR count). The van der Waals surface area contributed by atoms with E-state index in [9.17, 15) is 13.2 Å². The molecule has 2 aliphatic rings. The van der Waals surface area contributed by atoms with E-state index < -0.39 is 10.0 Å². The van der Waals surface area contributed by atoms with Crippen LogP contribution in [0.2, 0.25) is 0 Å². The maximum absolute atomic E-state index is 12.7. The van der Waals surface area contributed by atoms with Gasteiger partial charge in [0.2, 0.25) is 10.0 Å². The van der Waals surface area contributed by atoms with E-state index >= 15 is 0 Å². The normalized spacial score (nSPS) is 21.7. The maximum Gasteiger partial charge on any atom is 0.254 e. The average Bonchev–Trinajstić information content (AvgIpc) is 3.06. The smallest absolute Gasteiger partial charge is 0.254 e. The van der Waals surface area contributed by atoms with E-state index in [1.54, 1.807) is 23.1 Å². The lowest BCUT2D eigenvalue weighted by molar-refractivity contribution is 0.0769. The summed E-state index contributed by atoms with van der Waals surface area (Å²) in [6.07, 6.45) is 3.91. The molecule has 6 nitrogen and oxygen atoms in total. The first-order valence-corrected chi connectivity index (χ1v) is 10.6. The molecule has 0 aromatic heterocycles. The molecule has 7 heteroatoms. The number of nitrogens with one attached hydrogen (secondary N) is 1. The van der Waals surface area contributed by atoms with E-state index in [2.05, 4.69) is 16.5 Å². The molecule has 1 saturated heterocycles. The van der Waals surface area contributed by atoms with Crippen LogP contribution in [0.25, 0.3) is 0 Å². The van der Waals surface area contributed by atoms with Crippen LogP contribution in [0.3, 0.4) is 0 Å². The summed E-state index contributed by atoms with van der Waals surface area (Å²) in [4.78, 5) is 16.8. The molecule has 142 valence electrons. The Hall–Kier alpha value is -1.70. The summed E-state index contributed by atoms with van der Waals surface area (Å²) in [6, 6.07) is 6.34. The molecule has 2 aliphatic heterocycles. The highest BCUT2D eigenvalue weighted by Gasteiger charge is 2.24. The van der Waals surface area contributed by atoms with E-state index in [1.165, 1.54) is 11.6 Å². The van der Waals surface area contributed by atoms with Gasteiger partial charge in [-0.3, -0.25) is 4.79 Å². The van der Waals surface area contributed by atoms with Crippen molar-refractivity contribution in [2.45, 2.75) is 24.7 Å². The molecule has 1 aromatic carbocycles. The zero-order chi connectivity index (χ0) is 18.7. The Morgan fingerprint density at radius 1 is 1.31 bits per heavy atom. The second-order valence-corrected chi connectivity index (χ2v) is 9.12. The first kappa shape index (κ1) is 19.1. The molecule has 1 aromatic rings. The van der Waals surface area contributed by atoms with Crippen molar-refractivity contribution in [1.29, 1.82) is 0 Å². The number of nitrogens with zero attached hydrogens (tertiary/aromatic N) is 2. The molecule has 1 N–H and O–H groups in total. The van der Waals surface area contributed by atoms with Crippen molar-refractivity contribution < 1.29 is 13.2 Å². The van der Waals surface area contributed by atoms with Crippen LogP contribution in [-0.2, 0) is 10.0 Å². The zero-order valence-electron chi connectivity index (χ0n) is 15.4. The predicted octanol–water partition coefficient (Wildman–Crippen LogP) is 1.71. The van der Waals surface area contributed by atoms with Crippen molar-refractivity contribution in [2.75, 3.05) is 39.8 Å². The number of benzene rings is 1. The summed E-state index contributed by atoms with van der Waals surface area (Å²) in [5.74, 6) is 0.214. The Bertz CT molecular complexity index is 804. The van der Waals surface area contributed by atoms with Crippen molar-refractivity contribution >= 4 is 15.9 Å². The Morgan fingerprint density at radius 2 is 2.12 bits per heavy atom. The van der Waals surface area contributed by atoms with Gasteiger partial charge in [0.25, 0.3) is 5.91 Å². The van der Waals surface area contributed by atoms with Crippen LogP contribution in [0.4, 0.5) is 0 Å². The van der Waals surface area contributed by atoms with E-state index in [0.29, 0.717) is 31.1 Å². The first-order chi connectivity index (χ1) is 12.3. The second kappa shape index (κ2) is 7.90. The van der Waals surface area contributed by atoms with Gasteiger partial charge in [0.1, 0.15) is 0 Å². The highest BCUT2D eigenvalue weighted by molar-refractivity contribution is 7.89. The number of likely N-dealkylation sites (tertiary alicyclic amines) is 1. The predicted molar refractivity (Wildman–Crippen MR) is 102 cm³/mol. The van der Waals surface area contributed by atoms with E-state index in [4.69, 9.17) is 0 Å². The highest BCUT2D eigenvalue weighted by atomic mass is 32.2. The van der Waals surface area contributed by atoms with Gasteiger partial charge in [-0.05, 0) is 57.5 Å². The quantitative estimate of drug-likeness (QED) is 0.793. The monoisotopic (exact) mass is 377 g/mol. The third kappa shape index (κ3) is 4.52. The van der Waals surface area contributed by atoms with Crippen molar-refractivity contribution in [2.24, 2.45) is 5.92 Å². The molecule has 0 saturated carbocycles. The summed E-state index contributed by atoms with van der Waals surface area (Å²) in [5, 5.41) is 0. The fourth-order valence-electron chi connectivity index (χ4n) is 3.44. The number of hydrogen-bond donors (Lipinski definition) is 1. The number of carbonyl (C=O) groups is 1. The van der Waals surface area contributed by atoms with Gasteiger partial charge in [0.05, 0.1) is 4.90 Å². The van der Waals surface area contributed by atoms with Crippen LogP contribution in [0.15, 0.2) is 40.8 Å². The maximum atomic E-state index is 12.7. The minimum atomic E-state index is -3.61. The van der Waals surface area contributed by atoms with Crippen LogP contribution < -0.4 is 4.72 Å². The molecule has 0 bridgehead atoms. The zero-order valence-corrected chi connectivity index (χ0v) is 16.3. The molecule has 1 atom stereocenters. The standard InChI is InChI=1S/C19H27N3O3S/c1-15-6-10-22(11-7-15)19(23)17-4-3-5-18(12-17)26(24,25)20-13-16-8-9-21(2)14-16/h3-6,12,16,20H,7-11,13-14H2,1-2H3/t16-/m0/s1. The van der Waals surface area contributed by atoms with E-state index in [0.717, 1.165) is 25.9 Å². The lowest BCUT2D eigenvalue weighted by atomic mass is 10.1. The minimum Gasteiger partial charge on any atom is -0.335 e. The Kier molecular flexibility index (Phi) is 5.79. The summed E-state index contributed by atoms with van der Waals surface area (Å²) < 4.78 is 27.9. The van der Waals surface area contributed by atoms with Crippen LogP contribution in [0, 0.1) is 5.92 Å². The van der Waals surface area contributed by atoms with Gasteiger partial charge >= 0.3 is 0 Å². The van der Waals surface area contributed by atoms with Crippen molar-refractivity contribution in [3.8, 4) is 0 Å². The lowest BCUT2D eigenvalue weighted by Gasteiger charge is -2.25. The molecular formula is C19H27N3O3S. The molecule has 0 radical (unpaired) electrons. The Balaban J connectivity index is 1.68. The molecule has 1 amide bonds. The summed E-state index contributed by atoms with van der Waals surface area (Å²) in [5.41, 5.74) is 1.70. The molecule has 1 fully saturated rings. The largest absolute Gasteiger partial charge is 0.335 e. The lowest BCUT2D eigenvalue weighted by Crippen LogP contribution is -2.35. The Morgan fingerprint density at radius 3 is 2.77 bits per heavy atom. The van der Waals surface area contributed by atoms with Crippen molar-refractivity contribution in [1.82, 2.24) is 14.5 Å². The molecule has 2 heterocycles. The van der Waals surface area contributed by atoms with Gasteiger partial charge < -0.3 is 9.80 Å². The summed E-state index contributed by atoms with van der Waals surface area (Å²) >= 11 is 0. The number of carbonyl (C=O) groups excluding carboxylic acids is 1. The minimum absolute atomic E-state index is 0.122. The van der Waals surface area contributed by atoms with E-state index in [1.807, 2.05) is 13.1 Å². The SMILES string of the molecule is CC1=CCN(C(=O)c2cccc(S(=O)(=O)NC[C@@H]3CCN(C)C3)c2)CC1. The third-order valence-corrected chi connectivity index (χ3v) is 6.59.